The minimum Gasteiger partial charge on any atom is -0.413 e. The molecule has 1 aliphatic rings. The third kappa shape index (κ3) is 3.52. The Morgan fingerprint density at radius 3 is 2.71 bits per heavy atom. The lowest BCUT2D eigenvalue weighted by atomic mass is 9.55. The van der Waals surface area contributed by atoms with Gasteiger partial charge in [-0.2, -0.15) is 0 Å². The largest absolute Gasteiger partial charge is 0.413 e. The van der Waals surface area contributed by atoms with Crippen LogP contribution < -0.4 is 0 Å². The van der Waals surface area contributed by atoms with E-state index in [1.807, 2.05) is 0 Å². The van der Waals surface area contributed by atoms with E-state index in [0.717, 1.165) is 6.54 Å². The molecule has 1 heterocycles. The Labute approximate surface area is 105 Å². The Balaban J connectivity index is 1.98. The molecule has 0 amide bonds. The maximum atomic E-state index is 2.44. The second kappa shape index (κ2) is 6.34. The van der Waals surface area contributed by atoms with E-state index in [1.165, 1.54) is 24.7 Å². The standard InChI is InChI=1S/C15H20BN/c1-2-3-11-16-12-7-8-13-17(16)14-15-9-5-4-6-10-15/h4-10,12-13H,2-3,11,14H2,1H3. The van der Waals surface area contributed by atoms with Crippen LogP contribution in [0, 0.1) is 0 Å². The Kier molecular flexibility index (Phi) is 4.49. The minimum absolute atomic E-state index is 0.570. The summed E-state index contributed by atoms with van der Waals surface area (Å²) in [4.78, 5) is 2.44. The lowest BCUT2D eigenvalue weighted by Crippen LogP contribution is -2.34. The minimum atomic E-state index is 0.570. The molecule has 0 fully saturated rings. The molecule has 17 heavy (non-hydrogen) atoms. The molecule has 0 saturated heterocycles. The van der Waals surface area contributed by atoms with Crippen LogP contribution in [0.5, 0.6) is 0 Å². The molecule has 0 unspecified atom stereocenters. The summed E-state index contributed by atoms with van der Waals surface area (Å²) in [6.07, 6.45) is 10.3. The fourth-order valence-corrected chi connectivity index (χ4v) is 2.21. The van der Waals surface area contributed by atoms with E-state index in [9.17, 15) is 0 Å². The molecule has 0 atom stereocenters. The maximum Gasteiger partial charge on any atom is 0.281 e. The number of benzene rings is 1. The second-order valence-corrected chi connectivity index (χ2v) is 4.59. The highest BCUT2D eigenvalue weighted by atomic mass is 15.0. The van der Waals surface area contributed by atoms with E-state index in [0.29, 0.717) is 6.85 Å². The van der Waals surface area contributed by atoms with Crippen LogP contribution in [0.1, 0.15) is 25.3 Å². The number of nitrogens with zero attached hydrogens (tertiary/aromatic N) is 1. The van der Waals surface area contributed by atoms with E-state index in [4.69, 9.17) is 0 Å². The van der Waals surface area contributed by atoms with Crippen molar-refractivity contribution in [3.63, 3.8) is 0 Å². The van der Waals surface area contributed by atoms with Gasteiger partial charge in [-0.15, -0.1) is 0 Å². The van der Waals surface area contributed by atoms with Gasteiger partial charge in [0.25, 0.3) is 6.85 Å². The van der Waals surface area contributed by atoms with Crippen molar-refractivity contribution < 1.29 is 0 Å². The zero-order chi connectivity index (χ0) is 11.9. The molecule has 0 bridgehead atoms. The van der Waals surface area contributed by atoms with E-state index in [1.54, 1.807) is 0 Å². The van der Waals surface area contributed by atoms with Crippen molar-refractivity contribution in [1.82, 2.24) is 4.81 Å². The summed E-state index contributed by atoms with van der Waals surface area (Å²) >= 11 is 0. The normalized spacial score (nSPS) is 14.4. The molecule has 0 spiro atoms. The summed E-state index contributed by atoms with van der Waals surface area (Å²) in [7, 11) is 0. The van der Waals surface area contributed by atoms with Gasteiger partial charge in [0, 0.05) is 6.54 Å². The van der Waals surface area contributed by atoms with Crippen molar-refractivity contribution in [3.8, 4) is 0 Å². The molecule has 0 aliphatic carbocycles. The molecule has 0 N–H and O–H groups in total. The van der Waals surface area contributed by atoms with Crippen molar-refractivity contribution in [2.24, 2.45) is 0 Å². The first-order chi connectivity index (χ1) is 8.40. The average Bonchev–Trinajstić information content (AvgIpc) is 2.39. The molecule has 0 aromatic heterocycles. The van der Waals surface area contributed by atoms with E-state index in [2.05, 4.69) is 66.4 Å². The van der Waals surface area contributed by atoms with Crippen molar-refractivity contribution in [2.45, 2.75) is 32.6 Å². The monoisotopic (exact) mass is 225 g/mol. The molecule has 1 nitrogen and oxygen atoms in total. The molecule has 1 aromatic rings. The molecule has 1 aliphatic heterocycles. The third-order valence-electron chi connectivity index (χ3n) is 3.21. The van der Waals surface area contributed by atoms with Crippen molar-refractivity contribution in [3.05, 3.63) is 60.2 Å². The quantitative estimate of drug-likeness (QED) is 0.687. The lowest BCUT2D eigenvalue weighted by Gasteiger charge is -2.28. The summed E-state index contributed by atoms with van der Waals surface area (Å²) in [6, 6.07) is 10.7. The zero-order valence-electron chi connectivity index (χ0n) is 10.5. The lowest BCUT2D eigenvalue weighted by molar-refractivity contribution is 0.565. The van der Waals surface area contributed by atoms with Crippen molar-refractivity contribution >= 4 is 6.85 Å². The van der Waals surface area contributed by atoms with Gasteiger partial charge in [0.1, 0.15) is 0 Å². The summed E-state index contributed by atoms with van der Waals surface area (Å²) in [5.74, 6) is 2.32. The average molecular weight is 225 g/mol. The highest BCUT2D eigenvalue weighted by Gasteiger charge is 2.18. The van der Waals surface area contributed by atoms with Gasteiger partial charge in [-0.05, 0) is 24.2 Å². The van der Waals surface area contributed by atoms with E-state index in [-0.39, 0.29) is 0 Å². The van der Waals surface area contributed by atoms with Gasteiger partial charge in [-0.25, -0.2) is 0 Å². The number of rotatable bonds is 5. The summed E-state index contributed by atoms with van der Waals surface area (Å²) in [6.45, 7) is 3.83. The molecule has 2 heteroatoms. The zero-order valence-corrected chi connectivity index (χ0v) is 10.5. The smallest absolute Gasteiger partial charge is 0.281 e. The highest BCUT2D eigenvalue weighted by molar-refractivity contribution is 6.61. The first-order valence-corrected chi connectivity index (χ1v) is 6.55. The van der Waals surface area contributed by atoms with Gasteiger partial charge in [0.05, 0.1) is 0 Å². The Bertz CT molecular complexity index is 383. The van der Waals surface area contributed by atoms with Crippen LogP contribution in [0.3, 0.4) is 0 Å². The van der Waals surface area contributed by atoms with Gasteiger partial charge >= 0.3 is 0 Å². The van der Waals surface area contributed by atoms with Crippen LogP contribution >= 0.6 is 0 Å². The van der Waals surface area contributed by atoms with E-state index >= 15 is 0 Å². The topological polar surface area (TPSA) is 3.24 Å². The molecule has 0 saturated carbocycles. The SMILES string of the molecule is CCCCB1C=CC=CN1Cc1ccccc1. The van der Waals surface area contributed by atoms with Crippen LogP contribution in [0.25, 0.3) is 0 Å². The second-order valence-electron chi connectivity index (χ2n) is 4.59. The number of allylic oxidation sites excluding steroid dienone is 2. The molecule has 88 valence electrons. The highest BCUT2D eigenvalue weighted by Crippen LogP contribution is 2.15. The molecule has 0 radical (unpaired) electrons. The van der Waals surface area contributed by atoms with Gasteiger partial charge < -0.3 is 4.81 Å². The Hall–Kier alpha value is -1.44. The van der Waals surface area contributed by atoms with Gasteiger partial charge in [-0.3, -0.25) is 0 Å². The van der Waals surface area contributed by atoms with E-state index < -0.39 is 0 Å². The fraction of sp³-hybridized carbons (Fsp3) is 0.333. The molecule has 2 rings (SSSR count). The molecule has 1 aromatic carbocycles. The first kappa shape index (κ1) is 12.0. The van der Waals surface area contributed by atoms with Crippen LogP contribution in [0.15, 0.2) is 54.7 Å². The number of hydrogen-bond donors (Lipinski definition) is 0. The Morgan fingerprint density at radius 2 is 1.94 bits per heavy atom. The fourth-order valence-electron chi connectivity index (χ4n) is 2.21. The molecular weight excluding hydrogens is 205 g/mol. The van der Waals surface area contributed by atoms with Crippen LogP contribution in [-0.2, 0) is 6.54 Å². The number of unbranched alkanes of at least 4 members (excludes halogenated alkanes) is 1. The number of hydrogen-bond acceptors (Lipinski definition) is 1. The van der Waals surface area contributed by atoms with Crippen molar-refractivity contribution in [2.75, 3.05) is 0 Å². The van der Waals surface area contributed by atoms with Gasteiger partial charge in [-0.1, -0.05) is 62.1 Å². The van der Waals surface area contributed by atoms with Gasteiger partial charge in [0.2, 0.25) is 0 Å². The predicted octanol–water partition coefficient (Wildman–Crippen LogP) is 3.90. The first-order valence-electron chi connectivity index (χ1n) is 6.55. The predicted molar refractivity (Wildman–Crippen MR) is 75.7 cm³/mol. The maximum absolute atomic E-state index is 2.44. The Morgan fingerprint density at radius 1 is 1.12 bits per heavy atom. The summed E-state index contributed by atoms with van der Waals surface area (Å²) < 4.78 is 0. The van der Waals surface area contributed by atoms with Crippen molar-refractivity contribution in [1.29, 1.82) is 0 Å². The van der Waals surface area contributed by atoms with Gasteiger partial charge in [0.15, 0.2) is 0 Å². The summed E-state index contributed by atoms with van der Waals surface area (Å²) in [5, 5.41) is 0. The summed E-state index contributed by atoms with van der Waals surface area (Å²) in [5.41, 5.74) is 1.38. The van der Waals surface area contributed by atoms with Crippen LogP contribution in [0.4, 0.5) is 0 Å². The van der Waals surface area contributed by atoms with Crippen LogP contribution in [-0.4, -0.2) is 11.7 Å². The third-order valence-corrected chi connectivity index (χ3v) is 3.21. The van der Waals surface area contributed by atoms with Crippen LogP contribution in [0.2, 0.25) is 6.32 Å². The molecular formula is C15H20BN.